The molecular weight excluding hydrogens is 354 g/mol. The van der Waals surface area contributed by atoms with Crippen molar-refractivity contribution in [3.8, 4) is 5.75 Å². The maximum Gasteiger partial charge on any atom is 0.223 e. The second kappa shape index (κ2) is 7.56. The van der Waals surface area contributed by atoms with Gasteiger partial charge in [-0.15, -0.1) is 0 Å². The van der Waals surface area contributed by atoms with Crippen LogP contribution in [0.5, 0.6) is 5.75 Å². The molecule has 0 fully saturated rings. The number of oxazole rings is 1. The second-order valence-electron chi connectivity index (χ2n) is 6.34. The first kappa shape index (κ1) is 17.8. The van der Waals surface area contributed by atoms with Crippen LogP contribution in [0.2, 0.25) is 0 Å². The third-order valence-electron chi connectivity index (χ3n) is 4.45. The van der Waals surface area contributed by atoms with Crippen LogP contribution >= 0.6 is 0 Å². The molecule has 5 nitrogen and oxygen atoms in total. The molecule has 0 atom stereocenters. The van der Waals surface area contributed by atoms with Crippen molar-refractivity contribution in [2.75, 3.05) is 6.61 Å². The van der Waals surface area contributed by atoms with Gasteiger partial charge in [-0.3, -0.25) is 0 Å². The average molecular weight is 372 g/mol. The molecule has 4 rings (SSSR count). The normalized spacial score (nSPS) is 11.8. The van der Waals surface area contributed by atoms with Crippen LogP contribution in [0.3, 0.4) is 0 Å². The first-order chi connectivity index (χ1) is 13.7. The summed E-state index contributed by atoms with van der Waals surface area (Å²) in [5, 5.41) is 13.4. The fourth-order valence-electron chi connectivity index (χ4n) is 3.23. The van der Waals surface area contributed by atoms with Gasteiger partial charge in [-0.05, 0) is 42.0 Å². The highest BCUT2D eigenvalue weighted by molar-refractivity contribution is 5.99. The molecule has 5 heteroatoms. The highest BCUT2D eigenvalue weighted by atomic mass is 16.5. The fraction of sp³-hybridized carbons (Fsp3) is 0.130. The number of benzene rings is 3. The van der Waals surface area contributed by atoms with Crippen LogP contribution in [0.1, 0.15) is 24.8 Å². The molecule has 3 aromatic carbocycles. The smallest absolute Gasteiger partial charge is 0.223 e. The lowest BCUT2D eigenvalue weighted by Gasteiger charge is -2.12. The number of aromatic nitrogens is 1. The van der Waals surface area contributed by atoms with Crippen LogP contribution in [0.15, 0.2) is 65.1 Å². The highest BCUT2D eigenvalue weighted by Gasteiger charge is 2.14. The number of carboxylic acids is 1. The molecule has 0 amide bonds. The maximum absolute atomic E-state index is 11.4. The van der Waals surface area contributed by atoms with Gasteiger partial charge in [0.2, 0.25) is 5.89 Å². The first-order valence-corrected chi connectivity index (χ1v) is 9.06. The van der Waals surface area contributed by atoms with Crippen molar-refractivity contribution < 1.29 is 19.1 Å². The topological polar surface area (TPSA) is 75.4 Å². The van der Waals surface area contributed by atoms with E-state index in [0.717, 1.165) is 16.3 Å². The number of hydrogen-bond donors (Lipinski definition) is 0. The number of aliphatic carboxylic acids is 1. The Bertz CT molecular complexity index is 1160. The predicted molar refractivity (Wildman–Crippen MR) is 107 cm³/mol. The summed E-state index contributed by atoms with van der Waals surface area (Å²) in [7, 11) is 0. The Morgan fingerprint density at radius 1 is 1.11 bits per heavy atom. The number of fused-ring (bicyclic) bond motifs is 2. The van der Waals surface area contributed by atoms with E-state index in [2.05, 4.69) is 4.98 Å². The summed E-state index contributed by atoms with van der Waals surface area (Å²) in [5.41, 5.74) is 2.49. The third-order valence-corrected chi connectivity index (χ3v) is 4.45. The van der Waals surface area contributed by atoms with Crippen molar-refractivity contribution in [3.05, 3.63) is 72.1 Å². The molecule has 0 aliphatic rings. The van der Waals surface area contributed by atoms with Crippen LogP contribution in [-0.2, 0) is 4.79 Å². The standard InChI is InChI=1S/C23H19NO4/c1-2-27-20-12-11-15-7-3-4-8-17(15)18(20)13-16(14-22(25)26)23-24-19-9-5-6-10-21(19)28-23/h3-13H,2,14H2,1H3,(H,25,26)/p-1/b16-13+. The van der Waals surface area contributed by atoms with E-state index in [0.29, 0.717) is 29.0 Å². The van der Waals surface area contributed by atoms with Gasteiger partial charge < -0.3 is 19.1 Å². The molecule has 0 bridgehead atoms. The van der Waals surface area contributed by atoms with Crippen molar-refractivity contribution in [2.24, 2.45) is 0 Å². The molecule has 1 heterocycles. The van der Waals surface area contributed by atoms with Crippen LogP contribution in [-0.4, -0.2) is 17.6 Å². The number of carboxylic acid groups (broad SMARTS) is 1. The van der Waals surface area contributed by atoms with E-state index in [1.54, 1.807) is 12.1 Å². The van der Waals surface area contributed by atoms with Gasteiger partial charge in [0.15, 0.2) is 5.58 Å². The molecule has 0 saturated heterocycles. The van der Waals surface area contributed by atoms with Crippen LogP contribution < -0.4 is 9.84 Å². The lowest BCUT2D eigenvalue weighted by atomic mass is 10.00. The maximum atomic E-state index is 11.4. The molecule has 4 aromatic rings. The number of rotatable bonds is 6. The Balaban J connectivity index is 1.93. The molecule has 0 aliphatic heterocycles. The minimum absolute atomic E-state index is 0.265. The molecule has 0 radical (unpaired) electrons. The SMILES string of the molecule is CCOc1ccc2ccccc2c1/C=C(\CC(=O)[O-])c1nc2ccccc2o1. The zero-order valence-electron chi connectivity index (χ0n) is 15.3. The highest BCUT2D eigenvalue weighted by Crippen LogP contribution is 2.33. The number of hydrogen-bond acceptors (Lipinski definition) is 5. The summed E-state index contributed by atoms with van der Waals surface area (Å²) < 4.78 is 11.6. The predicted octanol–water partition coefficient (Wildman–Crippen LogP) is 4.06. The van der Waals surface area contributed by atoms with Crippen molar-refractivity contribution in [2.45, 2.75) is 13.3 Å². The van der Waals surface area contributed by atoms with E-state index in [4.69, 9.17) is 9.15 Å². The zero-order chi connectivity index (χ0) is 19.5. The van der Waals surface area contributed by atoms with E-state index in [9.17, 15) is 9.90 Å². The minimum Gasteiger partial charge on any atom is -0.550 e. The lowest BCUT2D eigenvalue weighted by Crippen LogP contribution is -2.22. The molecule has 0 unspecified atom stereocenters. The van der Waals surface area contributed by atoms with Gasteiger partial charge in [0.1, 0.15) is 11.3 Å². The van der Waals surface area contributed by atoms with Gasteiger partial charge in [0, 0.05) is 23.5 Å². The van der Waals surface area contributed by atoms with Crippen LogP contribution in [0, 0.1) is 0 Å². The molecule has 1 aromatic heterocycles. The van der Waals surface area contributed by atoms with E-state index < -0.39 is 5.97 Å². The van der Waals surface area contributed by atoms with Crippen molar-refractivity contribution in [3.63, 3.8) is 0 Å². The molecular formula is C23H18NO4-. The summed E-state index contributed by atoms with van der Waals surface area (Å²) in [6.07, 6.45) is 1.45. The zero-order valence-corrected chi connectivity index (χ0v) is 15.3. The number of carbonyl (C=O) groups is 1. The molecule has 0 saturated carbocycles. The summed E-state index contributed by atoms with van der Waals surface area (Å²) >= 11 is 0. The van der Waals surface area contributed by atoms with E-state index in [1.807, 2.05) is 61.5 Å². The molecule has 0 aliphatic carbocycles. The molecule has 0 spiro atoms. The number of ether oxygens (including phenoxy) is 1. The Morgan fingerprint density at radius 2 is 1.89 bits per heavy atom. The number of nitrogens with zero attached hydrogens (tertiary/aromatic N) is 1. The Morgan fingerprint density at radius 3 is 2.68 bits per heavy atom. The average Bonchev–Trinajstić information content (AvgIpc) is 3.13. The summed E-state index contributed by atoms with van der Waals surface area (Å²) in [5.74, 6) is -0.263. The van der Waals surface area contributed by atoms with Crippen molar-refractivity contribution in [1.29, 1.82) is 0 Å². The van der Waals surface area contributed by atoms with Crippen molar-refractivity contribution >= 4 is 39.5 Å². The Hall–Kier alpha value is -3.60. The van der Waals surface area contributed by atoms with Gasteiger partial charge in [0.05, 0.1) is 6.61 Å². The first-order valence-electron chi connectivity index (χ1n) is 9.06. The molecule has 140 valence electrons. The Kier molecular flexibility index (Phi) is 4.81. The third kappa shape index (κ3) is 3.47. The second-order valence-corrected chi connectivity index (χ2v) is 6.34. The number of carbonyl (C=O) groups excluding carboxylic acids is 1. The molecule has 28 heavy (non-hydrogen) atoms. The van der Waals surface area contributed by atoms with Gasteiger partial charge in [-0.2, -0.15) is 0 Å². The largest absolute Gasteiger partial charge is 0.550 e. The van der Waals surface area contributed by atoms with E-state index in [-0.39, 0.29) is 12.3 Å². The minimum atomic E-state index is -1.20. The van der Waals surface area contributed by atoms with E-state index in [1.165, 1.54) is 0 Å². The van der Waals surface area contributed by atoms with Crippen molar-refractivity contribution in [1.82, 2.24) is 4.98 Å². The van der Waals surface area contributed by atoms with Crippen LogP contribution in [0.4, 0.5) is 0 Å². The summed E-state index contributed by atoms with van der Waals surface area (Å²) in [6.45, 7) is 2.41. The van der Waals surface area contributed by atoms with Gasteiger partial charge in [-0.25, -0.2) is 4.98 Å². The lowest BCUT2D eigenvalue weighted by molar-refractivity contribution is -0.304. The summed E-state index contributed by atoms with van der Waals surface area (Å²) in [6, 6.07) is 19.1. The number of para-hydroxylation sites is 2. The van der Waals surface area contributed by atoms with Crippen LogP contribution in [0.25, 0.3) is 33.5 Å². The fourth-order valence-corrected chi connectivity index (χ4v) is 3.23. The van der Waals surface area contributed by atoms with Gasteiger partial charge >= 0.3 is 0 Å². The summed E-state index contributed by atoms with van der Waals surface area (Å²) in [4.78, 5) is 15.9. The quantitative estimate of drug-likeness (QED) is 0.510. The van der Waals surface area contributed by atoms with Gasteiger partial charge in [0.25, 0.3) is 0 Å². The van der Waals surface area contributed by atoms with Gasteiger partial charge in [-0.1, -0.05) is 42.5 Å². The van der Waals surface area contributed by atoms with E-state index >= 15 is 0 Å². The Labute approximate surface area is 161 Å². The monoisotopic (exact) mass is 372 g/mol. The molecule has 0 N–H and O–H groups in total.